The third kappa shape index (κ3) is 2.19. The molecule has 1 N–H and O–H groups in total. The number of carboxylic acids is 1. The lowest BCUT2D eigenvalue weighted by atomic mass is 10.1. The van der Waals surface area contributed by atoms with Crippen molar-refractivity contribution in [2.24, 2.45) is 0 Å². The number of aliphatic carboxylic acids is 1. The average Bonchev–Trinajstić information content (AvgIpc) is 2.70. The molecule has 2 rings (SSSR count). The zero-order valence-electron chi connectivity index (χ0n) is 9.43. The molecule has 4 nitrogen and oxygen atoms in total. The van der Waals surface area contributed by atoms with Gasteiger partial charge in [0.2, 0.25) is 0 Å². The van der Waals surface area contributed by atoms with E-state index in [4.69, 9.17) is 5.11 Å². The Morgan fingerprint density at radius 1 is 1.35 bits per heavy atom. The summed E-state index contributed by atoms with van der Waals surface area (Å²) in [6.45, 7) is 4.09. The number of carbonyl (C=O) groups excluding carboxylic acids is 1. The molecule has 0 radical (unpaired) electrons. The van der Waals surface area contributed by atoms with Crippen LogP contribution in [0.1, 0.15) is 35.1 Å². The van der Waals surface area contributed by atoms with Crippen LogP contribution >= 0.6 is 11.3 Å². The number of thiazole rings is 1. The van der Waals surface area contributed by atoms with Gasteiger partial charge in [0.1, 0.15) is 0 Å². The van der Waals surface area contributed by atoms with E-state index >= 15 is 0 Å². The smallest absolute Gasteiger partial charge is 0.377 e. The van der Waals surface area contributed by atoms with Gasteiger partial charge in [0.25, 0.3) is 5.78 Å². The largest absolute Gasteiger partial charge is 0.475 e. The lowest BCUT2D eigenvalue weighted by Crippen LogP contribution is -2.12. The van der Waals surface area contributed by atoms with E-state index in [-0.39, 0.29) is 5.56 Å². The molecule has 0 fully saturated rings. The zero-order chi connectivity index (χ0) is 12.6. The summed E-state index contributed by atoms with van der Waals surface area (Å²) in [5.74, 6) is -1.99. The van der Waals surface area contributed by atoms with E-state index in [1.165, 1.54) is 17.4 Å². The number of hydrogen-bond donors (Lipinski definition) is 1. The highest BCUT2D eigenvalue weighted by molar-refractivity contribution is 7.18. The van der Waals surface area contributed by atoms with E-state index in [0.29, 0.717) is 5.92 Å². The number of aromatic nitrogens is 1. The van der Waals surface area contributed by atoms with Gasteiger partial charge in [-0.1, -0.05) is 13.8 Å². The highest BCUT2D eigenvalue weighted by atomic mass is 32.1. The lowest BCUT2D eigenvalue weighted by Gasteiger charge is -1.94. The first kappa shape index (κ1) is 11.7. The van der Waals surface area contributed by atoms with Gasteiger partial charge in [-0.05, 0) is 18.2 Å². The van der Waals surface area contributed by atoms with Crippen LogP contribution < -0.4 is 0 Å². The molecule has 1 heterocycles. The first-order chi connectivity index (χ1) is 7.99. The van der Waals surface area contributed by atoms with E-state index in [1.54, 1.807) is 12.1 Å². The van der Waals surface area contributed by atoms with Gasteiger partial charge in [0.05, 0.1) is 15.2 Å². The number of Topliss-reactive ketones (excluding diaryl/α,β-unsaturated/α-hetero) is 1. The Hall–Kier alpha value is -1.75. The predicted octanol–water partition coefficient (Wildman–Crippen LogP) is 2.69. The van der Waals surface area contributed by atoms with Gasteiger partial charge >= 0.3 is 5.97 Å². The van der Waals surface area contributed by atoms with Crippen molar-refractivity contribution in [3.8, 4) is 0 Å². The van der Waals surface area contributed by atoms with Crippen molar-refractivity contribution in [2.75, 3.05) is 0 Å². The quantitative estimate of drug-likeness (QED) is 0.670. The van der Waals surface area contributed by atoms with Crippen LogP contribution in [0.2, 0.25) is 0 Å². The molecule has 2 aromatic rings. The minimum atomic E-state index is -1.43. The SMILES string of the molecule is CC(C)c1nc2ccc(C(=O)C(=O)O)cc2s1. The fraction of sp³-hybridized carbons (Fsp3) is 0.250. The Morgan fingerprint density at radius 3 is 2.65 bits per heavy atom. The molecule has 88 valence electrons. The van der Waals surface area contributed by atoms with Crippen LogP contribution in [-0.4, -0.2) is 21.8 Å². The van der Waals surface area contributed by atoms with E-state index < -0.39 is 11.8 Å². The fourth-order valence-corrected chi connectivity index (χ4v) is 2.46. The molecule has 0 amide bonds. The molecule has 0 aliphatic heterocycles. The summed E-state index contributed by atoms with van der Waals surface area (Å²) < 4.78 is 0.848. The molecular formula is C12H11NO3S. The van der Waals surface area contributed by atoms with Crippen LogP contribution in [0.5, 0.6) is 0 Å². The van der Waals surface area contributed by atoms with E-state index in [1.807, 2.05) is 13.8 Å². The summed E-state index contributed by atoms with van der Waals surface area (Å²) in [4.78, 5) is 26.3. The number of benzene rings is 1. The third-order valence-corrected chi connectivity index (χ3v) is 3.67. The summed E-state index contributed by atoms with van der Waals surface area (Å²) in [5, 5.41) is 9.63. The van der Waals surface area contributed by atoms with Crippen molar-refractivity contribution in [3.63, 3.8) is 0 Å². The minimum Gasteiger partial charge on any atom is -0.475 e. The number of carboxylic acid groups (broad SMARTS) is 1. The fourth-order valence-electron chi connectivity index (χ4n) is 1.45. The maximum absolute atomic E-state index is 11.3. The summed E-state index contributed by atoms with van der Waals surface area (Å²) in [6.07, 6.45) is 0. The normalized spacial score (nSPS) is 11.0. The van der Waals surface area contributed by atoms with Gasteiger partial charge in [0.15, 0.2) is 0 Å². The Morgan fingerprint density at radius 2 is 2.06 bits per heavy atom. The molecular weight excluding hydrogens is 238 g/mol. The molecule has 0 aliphatic carbocycles. The minimum absolute atomic E-state index is 0.198. The zero-order valence-corrected chi connectivity index (χ0v) is 10.2. The Kier molecular flexibility index (Phi) is 2.93. The molecule has 17 heavy (non-hydrogen) atoms. The summed E-state index contributed by atoms with van der Waals surface area (Å²) in [5.41, 5.74) is 1.00. The van der Waals surface area contributed by atoms with Crippen molar-refractivity contribution in [1.82, 2.24) is 4.98 Å². The summed E-state index contributed by atoms with van der Waals surface area (Å²) in [7, 11) is 0. The summed E-state index contributed by atoms with van der Waals surface area (Å²) in [6, 6.07) is 4.78. The Labute approximate surface area is 102 Å². The highest BCUT2D eigenvalue weighted by Gasteiger charge is 2.16. The molecule has 0 spiro atoms. The number of rotatable bonds is 3. The number of nitrogens with zero attached hydrogens (tertiary/aromatic N) is 1. The van der Waals surface area contributed by atoms with E-state index in [0.717, 1.165) is 15.2 Å². The molecule has 5 heteroatoms. The van der Waals surface area contributed by atoms with E-state index in [2.05, 4.69) is 4.98 Å². The van der Waals surface area contributed by atoms with Gasteiger partial charge in [0, 0.05) is 11.5 Å². The van der Waals surface area contributed by atoms with Gasteiger partial charge in [-0.25, -0.2) is 9.78 Å². The second-order valence-electron chi connectivity index (χ2n) is 4.02. The second kappa shape index (κ2) is 4.25. The first-order valence-corrected chi connectivity index (χ1v) is 5.99. The van der Waals surface area contributed by atoms with Crippen molar-refractivity contribution in [2.45, 2.75) is 19.8 Å². The van der Waals surface area contributed by atoms with Crippen molar-refractivity contribution in [3.05, 3.63) is 28.8 Å². The number of ketones is 1. The van der Waals surface area contributed by atoms with Crippen LogP contribution in [0, 0.1) is 0 Å². The Balaban J connectivity index is 2.50. The van der Waals surface area contributed by atoms with Gasteiger partial charge in [-0.15, -0.1) is 11.3 Å². The maximum atomic E-state index is 11.3. The molecule has 1 aromatic heterocycles. The molecule has 0 unspecified atom stereocenters. The van der Waals surface area contributed by atoms with Gasteiger partial charge < -0.3 is 5.11 Å². The molecule has 1 aromatic carbocycles. The van der Waals surface area contributed by atoms with Gasteiger partial charge in [-0.2, -0.15) is 0 Å². The van der Waals surface area contributed by atoms with Crippen LogP contribution in [0.4, 0.5) is 0 Å². The summed E-state index contributed by atoms with van der Waals surface area (Å²) >= 11 is 1.49. The van der Waals surface area contributed by atoms with Crippen LogP contribution in [0.3, 0.4) is 0 Å². The molecule has 0 saturated carbocycles. The van der Waals surface area contributed by atoms with E-state index in [9.17, 15) is 9.59 Å². The van der Waals surface area contributed by atoms with Crippen molar-refractivity contribution >= 4 is 33.3 Å². The standard InChI is InChI=1S/C12H11NO3S/c1-6(2)11-13-8-4-3-7(5-9(8)17-11)10(14)12(15)16/h3-6H,1-2H3,(H,15,16). The topological polar surface area (TPSA) is 67.3 Å². The first-order valence-electron chi connectivity index (χ1n) is 5.17. The van der Waals surface area contributed by atoms with Crippen molar-refractivity contribution in [1.29, 1.82) is 0 Å². The van der Waals surface area contributed by atoms with Crippen molar-refractivity contribution < 1.29 is 14.7 Å². The maximum Gasteiger partial charge on any atom is 0.377 e. The monoisotopic (exact) mass is 249 g/mol. The molecule has 0 bridgehead atoms. The lowest BCUT2D eigenvalue weighted by molar-refractivity contribution is -0.131. The third-order valence-electron chi connectivity index (χ3n) is 2.36. The van der Waals surface area contributed by atoms with Crippen LogP contribution in [0.15, 0.2) is 18.2 Å². The average molecular weight is 249 g/mol. The number of fused-ring (bicyclic) bond motifs is 1. The van der Waals surface area contributed by atoms with Crippen LogP contribution in [-0.2, 0) is 4.79 Å². The Bertz CT molecular complexity index is 601. The predicted molar refractivity (Wildman–Crippen MR) is 65.7 cm³/mol. The molecule has 0 saturated heterocycles. The van der Waals surface area contributed by atoms with Gasteiger partial charge in [-0.3, -0.25) is 4.79 Å². The molecule has 0 aliphatic rings. The second-order valence-corrected chi connectivity index (χ2v) is 5.09. The van der Waals surface area contributed by atoms with Crippen LogP contribution in [0.25, 0.3) is 10.2 Å². The number of carbonyl (C=O) groups is 2. The number of hydrogen-bond acceptors (Lipinski definition) is 4. The highest BCUT2D eigenvalue weighted by Crippen LogP contribution is 2.28. The molecule has 0 atom stereocenters.